The van der Waals surface area contributed by atoms with Gasteiger partial charge in [-0.25, -0.2) is 4.79 Å². The summed E-state index contributed by atoms with van der Waals surface area (Å²) < 4.78 is 0. The highest BCUT2D eigenvalue weighted by molar-refractivity contribution is 6.30. The van der Waals surface area contributed by atoms with Crippen LogP contribution in [0.5, 0.6) is 0 Å². The minimum atomic E-state index is -0.948. The molecule has 1 aromatic heterocycles. The zero-order valence-corrected chi connectivity index (χ0v) is 20.2. The molecule has 2 unspecified atom stereocenters. The van der Waals surface area contributed by atoms with Gasteiger partial charge in [-0.05, 0) is 90.0 Å². The second-order valence-corrected chi connectivity index (χ2v) is 9.08. The van der Waals surface area contributed by atoms with Gasteiger partial charge in [0.1, 0.15) is 6.04 Å². The number of carboxylic acid groups (broad SMARTS) is 1. The van der Waals surface area contributed by atoms with Crippen molar-refractivity contribution in [3.8, 4) is 11.1 Å². The first-order chi connectivity index (χ1) is 16.9. The number of nitroso groups, excluding NO2 is 1. The highest BCUT2D eigenvalue weighted by atomic mass is 35.5. The first-order valence-electron chi connectivity index (χ1n) is 11.3. The van der Waals surface area contributed by atoms with Gasteiger partial charge < -0.3 is 5.11 Å². The second kappa shape index (κ2) is 10.6. The molecule has 0 bridgehead atoms. The average molecular weight is 485 g/mol. The van der Waals surface area contributed by atoms with Gasteiger partial charge >= 0.3 is 5.97 Å². The molecule has 1 N–H and O–H groups in total. The standard InChI is InChI=1S/C29H25ClN2O3/c1-18-15-25(30)11-12-26(18)27(17-28(32-35)24-13-14-31-19(2)16-24)22-7-3-20(4-8-22)21-5-9-23(10-6-21)29(33)34/h3-16,27-28H,17H2,1-2H3,(H,33,34). The topological polar surface area (TPSA) is 79.6 Å². The molecular weight excluding hydrogens is 460 g/mol. The van der Waals surface area contributed by atoms with Gasteiger partial charge in [0.25, 0.3) is 0 Å². The Bertz CT molecular complexity index is 1350. The number of aryl methyl sites for hydroxylation is 2. The molecule has 2 atom stereocenters. The number of carbonyl (C=O) groups is 1. The molecular formula is C29H25ClN2O3. The Morgan fingerprint density at radius 2 is 1.57 bits per heavy atom. The number of halogens is 1. The van der Waals surface area contributed by atoms with E-state index < -0.39 is 12.0 Å². The average Bonchev–Trinajstić information content (AvgIpc) is 2.86. The molecule has 0 aliphatic rings. The van der Waals surface area contributed by atoms with Crippen molar-refractivity contribution in [1.82, 2.24) is 4.98 Å². The van der Waals surface area contributed by atoms with E-state index in [4.69, 9.17) is 16.7 Å². The van der Waals surface area contributed by atoms with E-state index in [1.807, 2.05) is 56.3 Å². The first kappa shape index (κ1) is 24.3. The highest BCUT2D eigenvalue weighted by Gasteiger charge is 2.24. The van der Waals surface area contributed by atoms with E-state index in [-0.39, 0.29) is 11.5 Å². The largest absolute Gasteiger partial charge is 0.478 e. The van der Waals surface area contributed by atoms with Crippen molar-refractivity contribution in [3.63, 3.8) is 0 Å². The summed E-state index contributed by atoms with van der Waals surface area (Å²) in [5.41, 5.74) is 7.04. The quantitative estimate of drug-likeness (QED) is 0.259. The van der Waals surface area contributed by atoms with Crippen LogP contribution in [0.4, 0.5) is 0 Å². The minimum absolute atomic E-state index is 0.0770. The van der Waals surface area contributed by atoms with E-state index >= 15 is 0 Å². The van der Waals surface area contributed by atoms with Crippen LogP contribution in [0.2, 0.25) is 5.02 Å². The van der Waals surface area contributed by atoms with Gasteiger partial charge in [-0.3, -0.25) is 4.98 Å². The van der Waals surface area contributed by atoms with E-state index in [0.717, 1.165) is 39.1 Å². The van der Waals surface area contributed by atoms with Crippen molar-refractivity contribution in [1.29, 1.82) is 0 Å². The second-order valence-electron chi connectivity index (χ2n) is 8.65. The third kappa shape index (κ3) is 5.64. The number of hydrogen-bond acceptors (Lipinski definition) is 4. The molecule has 3 aromatic carbocycles. The van der Waals surface area contributed by atoms with Crippen LogP contribution in [0.25, 0.3) is 11.1 Å². The fraction of sp³-hybridized carbons (Fsp3) is 0.172. The molecule has 5 nitrogen and oxygen atoms in total. The van der Waals surface area contributed by atoms with E-state index in [9.17, 15) is 9.70 Å². The van der Waals surface area contributed by atoms with Crippen LogP contribution < -0.4 is 0 Å². The maximum Gasteiger partial charge on any atom is 0.335 e. The predicted octanol–water partition coefficient (Wildman–Crippen LogP) is 7.75. The van der Waals surface area contributed by atoms with E-state index in [1.165, 1.54) is 0 Å². The SMILES string of the molecule is Cc1cc(C(CC(c2ccc(-c3ccc(C(=O)O)cc3)cc2)c2ccc(Cl)cc2C)N=O)ccn1. The Morgan fingerprint density at radius 3 is 2.14 bits per heavy atom. The Hall–Kier alpha value is -3.83. The first-order valence-corrected chi connectivity index (χ1v) is 11.7. The monoisotopic (exact) mass is 484 g/mol. The molecule has 176 valence electrons. The lowest BCUT2D eigenvalue weighted by Gasteiger charge is -2.23. The molecule has 0 radical (unpaired) electrons. The lowest BCUT2D eigenvalue weighted by molar-refractivity contribution is 0.0697. The Labute approximate surface area is 209 Å². The maximum atomic E-state index is 11.9. The Kier molecular flexibility index (Phi) is 7.37. The Morgan fingerprint density at radius 1 is 0.914 bits per heavy atom. The van der Waals surface area contributed by atoms with Gasteiger partial charge in [0.2, 0.25) is 0 Å². The number of nitrogens with zero attached hydrogens (tertiary/aromatic N) is 2. The fourth-order valence-corrected chi connectivity index (χ4v) is 4.65. The minimum Gasteiger partial charge on any atom is -0.478 e. The van der Waals surface area contributed by atoms with Crippen LogP contribution >= 0.6 is 11.6 Å². The number of benzene rings is 3. The van der Waals surface area contributed by atoms with Crippen molar-refractivity contribution in [2.45, 2.75) is 32.2 Å². The van der Waals surface area contributed by atoms with Crippen molar-refractivity contribution in [2.75, 3.05) is 0 Å². The zero-order valence-electron chi connectivity index (χ0n) is 19.5. The van der Waals surface area contributed by atoms with Gasteiger partial charge in [-0.2, -0.15) is 4.91 Å². The summed E-state index contributed by atoms with van der Waals surface area (Å²) >= 11 is 6.22. The predicted molar refractivity (Wildman–Crippen MR) is 139 cm³/mol. The van der Waals surface area contributed by atoms with Crippen LogP contribution in [0.15, 0.2) is 90.2 Å². The third-order valence-electron chi connectivity index (χ3n) is 6.28. The molecule has 0 amide bonds. The number of aromatic carboxylic acids is 1. The van der Waals surface area contributed by atoms with Gasteiger partial charge in [-0.1, -0.05) is 59.2 Å². The molecule has 35 heavy (non-hydrogen) atoms. The summed E-state index contributed by atoms with van der Waals surface area (Å²) in [6.07, 6.45) is 2.21. The molecule has 0 fully saturated rings. The van der Waals surface area contributed by atoms with Crippen LogP contribution in [0, 0.1) is 18.8 Å². The molecule has 0 aliphatic carbocycles. The van der Waals surface area contributed by atoms with Crippen molar-refractivity contribution < 1.29 is 9.90 Å². The number of hydrogen-bond donors (Lipinski definition) is 1. The van der Waals surface area contributed by atoms with Gasteiger partial charge in [0, 0.05) is 22.8 Å². The molecule has 0 saturated heterocycles. The summed E-state index contributed by atoms with van der Waals surface area (Å²) in [6.45, 7) is 3.92. The van der Waals surface area contributed by atoms with Crippen molar-refractivity contribution in [3.05, 3.63) is 129 Å². The lowest BCUT2D eigenvalue weighted by Crippen LogP contribution is -2.09. The molecule has 6 heteroatoms. The highest BCUT2D eigenvalue weighted by Crippen LogP contribution is 2.38. The van der Waals surface area contributed by atoms with Crippen LogP contribution in [0.1, 0.15) is 56.7 Å². The van der Waals surface area contributed by atoms with Gasteiger partial charge in [0.15, 0.2) is 0 Å². The smallest absolute Gasteiger partial charge is 0.335 e. The van der Waals surface area contributed by atoms with Gasteiger partial charge in [0.05, 0.1) is 5.56 Å². The Balaban J connectivity index is 1.70. The summed E-state index contributed by atoms with van der Waals surface area (Å²) in [6, 6.07) is 24.0. The van der Waals surface area contributed by atoms with E-state index in [0.29, 0.717) is 11.4 Å². The number of pyridine rings is 1. The summed E-state index contributed by atoms with van der Waals surface area (Å²) in [7, 11) is 0. The fourth-order valence-electron chi connectivity index (χ4n) is 4.42. The number of carboxylic acids is 1. The van der Waals surface area contributed by atoms with Crippen molar-refractivity contribution in [2.24, 2.45) is 5.18 Å². The van der Waals surface area contributed by atoms with E-state index in [1.54, 1.807) is 30.5 Å². The number of rotatable bonds is 8. The third-order valence-corrected chi connectivity index (χ3v) is 6.51. The zero-order chi connectivity index (χ0) is 24.9. The molecule has 4 aromatic rings. The summed E-state index contributed by atoms with van der Waals surface area (Å²) in [4.78, 5) is 27.3. The lowest BCUT2D eigenvalue weighted by atomic mass is 9.82. The summed E-state index contributed by atoms with van der Waals surface area (Å²) in [5, 5.41) is 13.3. The normalized spacial score (nSPS) is 12.7. The molecule has 0 spiro atoms. The molecule has 0 saturated carbocycles. The summed E-state index contributed by atoms with van der Waals surface area (Å²) in [5.74, 6) is -1.03. The molecule has 4 rings (SSSR count). The maximum absolute atomic E-state index is 11.9. The van der Waals surface area contributed by atoms with Crippen molar-refractivity contribution >= 4 is 17.6 Å². The van der Waals surface area contributed by atoms with E-state index in [2.05, 4.69) is 22.3 Å². The van der Waals surface area contributed by atoms with Gasteiger partial charge in [-0.15, -0.1) is 0 Å². The van der Waals surface area contributed by atoms with Crippen LogP contribution in [-0.2, 0) is 0 Å². The molecule has 1 heterocycles. The van der Waals surface area contributed by atoms with Crippen LogP contribution in [0.3, 0.4) is 0 Å². The molecule has 0 aliphatic heterocycles. The van der Waals surface area contributed by atoms with Crippen LogP contribution in [-0.4, -0.2) is 16.1 Å². The number of aromatic nitrogens is 1.